The SMILES string of the molecule is CC(C)(C)OC(=O)NCCCNC(=O)/C=C\C(=O)O. The summed E-state index contributed by atoms with van der Waals surface area (Å²) in [6.45, 7) is 5.99. The van der Waals surface area contributed by atoms with Gasteiger partial charge in [-0.25, -0.2) is 9.59 Å². The first-order valence-electron chi connectivity index (χ1n) is 5.86. The Morgan fingerprint density at radius 2 is 1.68 bits per heavy atom. The van der Waals surface area contributed by atoms with E-state index < -0.39 is 23.6 Å². The zero-order chi connectivity index (χ0) is 14.9. The van der Waals surface area contributed by atoms with Crippen molar-refractivity contribution in [3.8, 4) is 0 Å². The smallest absolute Gasteiger partial charge is 0.407 e. The maximum Gasteiger partial charge on any atom is 0.407 e. The highest BCUT2D eigenvalue weighted by molar-refractivity contribution is 5.93. The number of carboxylic acid groups (broad SMARTS) is 1. The molecule has 0 fully saturated rings. The van der Waals surface area contributed by atoms with E-state index in [1.54, 1.807) is 20.8 Å². The summed E-state index contributed by atoms with van der Waals surface area (Å²) in [4.78, 5) is 32.4. The number of rotatable bonds is 6. The number of carboxylic acids is 1. The number of carbonyl (C=O) groups is 3. The quantitative estimate of drug-likeness (QED) is 0.486. The third-order valence-electron chi connectivity index (χ3n) is 1.70. The van der Waals surface area contributed by atoms with Gasteiger partial charge < -0.3 is 20.5 Å². The van der Waals surface area contributed by atoms with E-state index in [0.717, 1.165) is 12.2 Å². The summed E-state index contributed by atoms with van der Waals surface area (Å²) in [5, 5.41) is 13.3. The van der Waals surface area contributed by atoms with Gasteiger partial charge in [0.1, 0.15) is 5.60 Å². The van der Waals surface area contributed by atoms with Gasteiger partial charge in [0, 0.05) is 25.2 Å². The summed E-state index contributed by atoms with van der Waals surface area (Å²) in [6, 6.07) is 0. The maximum absolute atomic E-state index is 11.2. The van der Waals surface area contributed by atoms with Crippen molar-refractivity contribution in [2.75, 3.05) is 13.1 Å². The lowest BCUT2D eigenvalue weighted by Crippen LogP contribution is -2.34. The predicted octanol–water partition coefficient (Wildman–Crippen LogP) is 0.658. The Labute approximate surface area is 112 Å². The standard InChI is InChI=1S/C12H20N2O5/c1-12(2,3)19-11(18)14-8-4-7-13-9(15)5-6-10(16)17/h5-6H,4,7-8H2,1-3H3,(H,13,15)(H,14,18)(H,16,17)/b6-5-. The van der Waals surface area contributed by atoms with Crippen LogP contribution in [0.25, 0.3) is 0 Å². The van der Waals surface area contributed by atoms with Crippen LogP contribution >= 0.6 is 0 Å². The van der Waals surface area contributed by atoms with Crippen molar-refractivity contribution in [1.82, 2.24) is 10.6 Å². The van der Waals surface area contributed by atoms with Gasteiger partial charge >= 0.3 is 12.1 Å². The highest BCUT2D eigenvalue weighted by atomic mass is 16.6. The Balaban J connectivity index is 3.63. The van der Waals surface area contributed by atoms with E-state index in [4.69, 9.17) is 9.84 Å². The van der Waals surface area contributed by atoms with Crippen LogP contribution in [0.4, 0.5) is 4.79 Å². The molecule has 0 bridgehead atoms. The summed E-state index contributed by atoms with van der Waals surface area (Å²) >= 11 is 0. The molecule has 7 heteroatoms. The van der Waals surface area contributed by atoms with Crippen LogP contribution in [0.15, 0.2) is 12.2 Å². The largest absolute Gasteiger partial charge is 0.478 e. The molecule has 0 aromatic carbocycles. The maximum atomic E-state index is 11.2. The molecule has 0 aliphatic heterocycles. The summed E-state index contributed by atoms with van der Waals surface area (Å²) in [5.74, 6) is -1.67. The minimum Gasteiger partial charge on any atom is -0.478 e. The predicted molar refractivity (Wildman–Crippen MR) is 68.6 cm³/mol. The molecule has 0 unspecified atom stereocenters. The molecular weight excluding hydrogens is 252 g/mol. The van der Waals surface area contributed by atoms with Crippen molar-refractivity contribution in [2.45, 2.75) is 32.8 Å². The molecule has 0 saturated heterocycles. The van der Waals surface area contributed by atoms with Gasteiger partial charge in [-0.2, -0.15) is 0 Å². The second kappa shape index (κ2) is 8.12. The van der Waals surface area contributed by atoms with Crippen LogP contribution in [0.3, 0.4) is 0 Å². The molecule has 0 atom stereocenters. The highest BCUT2D eigenvalue weighted by Crippen LogP contribution is 2.06. The monoisotopic (exact) mass is 272 g/mol. The Morgan fingerprint density at radius 3 is 2.21 bits per heavy atom. The number of nitrogens with one attached hydrogen (secondary N) is 2. The number of aliphatic carboxylic acids is 1. The van der Waals surface area contributed by atoms with Gasteiger partial charge in [0.25, 0.3) is 0 Å². The first-order valence-corrected chi connectivity index (χ1v) is 5.86. The Hall–Kier alpha value is -2.05. The van der Waals surface area contributed by atoms with Crippen LogP contribution < -0.4 is 10.6 Å². The number of hydrogen-bond acceptors (Lipinski definition) is 4. The van der Waals surface area contributed by atoms with Crippen molar-refractivity contribution in [2.24, 2.45) is 0 Å². The topological polar surface area (TPSA) is 105 Å². The normalized spacial score (nSPS) is 11.1. The fraction of sp³-hybridized carbons (Fsp3) is 0.583. The minimum absolute atomic E-state index is 0.332. The molecule has 0 heterocycles. The lowest BCUT2D eigenvalue weighted by atomic mass is 10.2. The van der Waals surface area contributed by atoms with Crippen LogP contribution in [0, 0.1) is 0 Å². The number of hydrogen-bond donors (Lipinski definition) is 3. The van der Waals surface area contributed by atoms with Crippen molar-refractivity contribution in [3.05, 3.63) is 12.2 Å². The van der Waals surface area contributed by atoms with Gasteiger partial charge in [-0.3, -0.25) is 4.79 Å². The van der Waals surface area contributed by atoms with Crippen LogP contribution in [0.2, 0.25) is 0 Å². The Kier molecular flexibility index (Phi) is 7.25. The zero-order valence-electron chi connectivity index (χ0n) is 11.4. The van der Waals surface area contributed by atoms with E-state index in [1.165, 1.54) is 0 Å². The molecule has 0 spiro atoms. The lowest BCUT2D eigenvalue weighted by molar-refractivity contribution is -0.131. The summed E-state index contributed by atoms with van der Waals surface area (Å²) < 4.78 is 5.02. The molecule has 0 aliphatic carbocycles. The summed E-state index contributed by atoms with van der Waals surface area (Å²) in [6.07, 6.45) is 1.70. The van der Waals surface area contributed by atoms with Gasteiger partial charge in [0.15, 0.2) is 0 Å². The van der Waals surface area contributed by atoms with Crippen molar-refractivity contribution in [1.29, 1.82) is 0 Å². The first-order chi connectivity index (χ1) is 8.70. The Morgan fingerprint density at radius 1 is 1.11 bits per heavy atom. The lowest BCUT2D eigenvalue weighted by Gasteiger charge is -2.19. The second-order valence-corrected chi connectivity index (χ2v) is 4.74. The van der Waals surface area contributed by atoms with E-state index in [1.807, 2.05) is 0 Å². The van der Waals surface area contributed by atoms with E-state index in [9.17, 15) is 14.4 Å². The van der Waals surface area contributed by atoms with Gasteiger partial charge in [-0.05, 0) is 27.2 Å². The molecule has 0 aromatic heterocycles. The molecule has 0 saturated carbocycles. The third kappa shape index (κ3) is 12.2. The molecule has 3 N–H and O–H groups in total. The van der Waals surface area contributed by atoms with E-state index in [0.29, 0.717) is 19.5 Å². The summed E-state index contributed by atoms with van der Waals surface area (Å²) in [7, 11) is 0. The van der Waals surface area contributed by atoms with Crippen LogP contribution in [0.5, 0.6) is 0 Å². The minimum atomic E-state index is -1.18. The number of amides is 2. The van der Waals surface area contributed by atoms with Crippen LogP contribution in [-0.4, -0.2) is 41.8 Å². The average Bonchev–Trinajstić information content (AvgIpc) is 2.23. The second-order valence-electron chi connectivity index (χ2n) is 4.74. The molecule has 0 radical (unpaired) electrons. The molecular formula is C12H20N2O5. The van der Waals surface area contributed by atoms with E-state index in [-0.39, 0.29) is 0 Å². The third-order valence-corrected chi connectivity index (χ3v) is 1.70. The highest BCUT2D eigenvalue weighted by Gasteiger charge is 2.15. The fourth-order valence-electron chi connectivity index (χ4n) is 1.01. The van der Waals surface area contributed by atoms with Gasteiger partial charge in [0.05, 0.1) is 0 Å². The molecule has 0 rings (SSSR count). The van der Waals surface area contributed by atoms with Crippen LogP contribution in [-0.2, 0) is 14.3 Å². The van der Waals surface area contributed by atoms with Gasteiger partial charge in [-0.15, -0.1) is 0 Å². The molecule has 2 amide bonds. The van der Waals surface area contributed by atoms with Gasteiger partial charge in [0.2, 0.25) is 5.91 Å². The van der Waals surface area contributed by atoms with E-state index >= 15 is 0 Å². The number of alkyl carbamates (subject to hydrolysis) is 1. The first kappa shape index (κ1) is 16.9. The van der Waals surface area contributed by atoms with Crippen molar-refractivity contribution >= 4 is 18.0 Å². The molecule has 108 valence electrons. The fourth-order valence-corrected chi connectivity index (χ4v) is 1.01. The zero-order valence-corrected chi connectivity index (χ0v) is 11.4. The number of carbonyl (C=O) groups excluding carboxylic acids is 2. The van der Waals surface area contributed by atoms with Crippen molar-refractivity contribution in [3.63, 3.8) is 0 Å². The molecule has 0 aromatic rings. The Bertz CT molecular complexity index is 358. The van der Waals surface area contributed by atoms with Gasteiger partial charge in [-0.1, -0.05) is 0 Å². The molecule has 0 aliphatic rings. The van der Waals surface area contributed by atoms with Crippen LogP contribution in [0.1, 0.15) is 27.2 Å². The number of ether oxygens (including phenoxy) is 1. The van der Waals surface area contributed by atoms with Crippen molar-refractivity contribution < 1.29 is 24.2 Å². The molecule has 19 heavy (non-hydrogen) atoms. The average molecular weight is 272 g/mol. The van der Waals surface area contributed by atoms with E-state index in [2.05, 4.69) is 10.6 Å². The summed E-state index contributed by atoms with van der Waals surface area (Å²) in [5.41, 5.74) is -0.542. The molecule has 7 nitrogen and oxygen atoms in total.